The number of ether oxygens (including phenoxy) is 1. The zero-order chi connectivity index (χ0) is 15.9. The predicted molar refractivity (Wildman–Crippen MR) is 85.6 cm³/mol. The van der Waals surface area contributed by atoms with Gasteiger partial charge in [-0.2, -0.15) is 0 Å². The second-order valence-electron chi connectivity index (χ2n) is 4.86. The van der Waals surface area contributed by atoms with Crippen LogP contribution >= 0.6 is 0 Å². The smallest absolute Gasteiger partial charge is 0.337 e. The second-order valence-corrected chi connectivity index (χ2v) is 4.86. The first-order valence-corrected chi connectivity index (χ1v) is 6.91. The van der Waals surface area contributed by atoms with Gasteiger partial charge in [0.1, 0.15) is 0 Å². The molecule has 3 N–H and O–H groups in total. The van der Waals surface area contributed by atoms with E-state index in [0.29, 0.717) is 29.8 Å². The highest BCUT2D eigenvalue weighted by molar-refractivity contribution is 5.94. The number of amides is 1. The van der Waals surface area contributed by atoms with E-state index in [1.807, 2.05) is 24.3 Å². The highest BCUT2D eigenvalue weighted by Crippen LogP contribution is 2.13. The number of hydrogen-bond donors (Lipinski definition) is 2. The summed E-state index contributed by atoms with van der Waals surface area (Å²) in [5, 5.41) is 2.77. The van der Waals surface area contributed by atoms with Crippen molar-refractivity contribution in [3.05, 3.63) is 59.7 Å². The Labute approximate surface area is 129 Å². The van der Waals surface area contributed by atoms with E-state index < -0.39 is 5.97 Å². The predicted octanol–water partition coefficient (Wildman–Crippen LogP) is 2.63. The molecule has 0 spiro atoms. The quantitative estimate of drug-likeness (QED) is 0.656. The molecule has 5 heteroatoms. The van der Waals surface area contributed by atoms with Crippen LogP contribution in [0.2, 0.25) is 0 Å². The van der Waals surface area contributed by atoms with E-state index in [9.17, 15) is 9.59 Å². The third kappa shape index (κ3) is 4.34. The lowest BCUT2D eigenvalue weighted by atomic mass is 10.1. The first-order valence-electron chi connectivity index (χ1n) is 6.91. The highest BCUT2D eigenvalue weighted by atomic mass is 16.5. The fraction of sp³-hybridized carbons (Fsp3) is 0.176. The van der Waals surface area contributed by atoms with Gasteiger partial charge in [-0.25, -0.2) is 4.79 Å². The Kier molecular flexibility index (Phi) is 5.14. The molecule has 2 aromatic rings. The molecule has 0 bridgehead atoms. The van der Waals surface area contributed by atoms with Crippen LogP contribution in [0.15, 0.2) is 48.5 Å². The Hall–Kier alpha value is -2.82. The molecule has 2 rings (SSSR count). The summed E-state index contributed by atoms with van der Waals surface area (Å²) < 4.78 is 4.65. The maximum Gasteiger partial charge on any atom is 0.337 e. The van der Waals surface area contributed by atoms with Crippen molar-refractivity contribution in [2.24, 2.45) is 0 Å². The second kappa shape index (κ2) is 7.26. The SMILES string of the molecule is COC(=O)c1cccc(NC(=O)CCc2ccc(N)cc2)c1. The molecule has 0 aliphatic heterocycles. The number of anilines is 2. The van der Waals surface area contributed by atoms with Crippen LogP contribution in [0.4, 0.5) is 11.4 Å². The van der Waals surface area contributed by atoms with Gasteiger partial charge in [-0.15, -0.1) is 0 Å². The minimum atomic E-state index is -0.432. The molecule has 0 saturated heterocycles. The molecule has 0 aliphatic rings. The van der Waals surface area contributed by atoms with Crippen LogP contribution in [0.3, 0.4) is 0 Å². The first-order chi connectivity index (χ1) is 10.6. The fourth-order valence-electron chi connectivity index (χ4n) is 2.01. The Morgan fingerprint density at radius 1 is 1.14 bits per heavy atom. The molecule has 0 saturated carbocycles. The number of aryl methyl sites for hydroxylation is 1. The van der Waals surface area contributed by atoms with Gasteiger partial charge in [0.2, 0.25) is 5.91 Å². The van der Waals surface area contributed by atoms with Crippen molar-refractivity contribution >= 4 is 23.3 Å². The average molecular weight is 298 g/mol. The summed E-state index contributed by atoms with van der Waals surface area (Å²) in [7, 11) is 1.32. The molecule has 0 fully saturated rings. The summed E-state index contributed by atoms with van der Waals surface area (Å²) in [5.74, 6) is -0.545. The maximum atomic E-state index is 12.0. The molecule has 22 heavy (non-hydrogen) atoms. The zero-order valence-electron chi connectivity index (χ0n) is 12.3. The Balaban J connectivity index is 1.91. The Morgan fingerprint density at radius 3 is 2.55 bits per heavy atom. The molecule has 1 amide bonds. The third-order valence-electron chi connectivity index (χ3n) is 3.19. The van der Waals surface area contributed by atoms with Crippen LogP contribution in [-0.2, 0) is 16.0 Å². The summed E-state index contributed by atoms with van der Waals surface area (Å²) in [6.07, 6.45) is 0.981. The number of esters is 1. The molecular weight excluding hydrogens is 280 g/mol. The lowest BCUT2D eigenvalue weighted by Gasteiger charge is -2.07. The standard InChI is InChI=1S/C17H18N2O3/c1-22-17(21)13-3-2-4-15(11-13)19-16(20)10-7-12-5-8-14(18)9-6-12/h2-6,8-9,11H,7,10,18H2,1H3,(H,19,20). The molecule has 0 heterocycles. The van der Waals surface area contributed by atoms with Gasteiger partial charge in [0, 0.05) is 17.8 Å². The van der Waals surface area contributed by atoms with Gasteiger partial charge in [0.15, 0.2) is 0 Å². The molecule has 5 nitrogen and oxygen atoms in total. The normalized spacial score (nSPS) is 10.0. The number of hydrogen-bond acceptors (Lipinski definition) is 4. The number of carbonyl (C=O) groups excluding carboxylic acids is 2. The molecule has 0 atom stereocenters. The van der Waals surface area contributed by atoms with Gasteiger partial charge in [-0.1, -0.05) is 18.2 Å². The molecule has 0 aromatic heterocycles. The van der Waals surface area contributed by atoms with Gasteiger partial charge >= 0.3 is 5.97 Å². The minimum Gasteiger partial charge on any atom is -0.465 e. The Bertz CT molecular complexity index is 666. The van der Waals surface area contributed by atoms with E-state index in [-0.39, 0.29) is 5.91 Å². The van der Waals surface area contributed by atoms with Crippen LogP contribution in [0.25, 0.3) is 0 Å². The van der Waals surface area contributed by atoms with Crippen molar-refractivity contribution in [3.8, 4) is 0 Å². The monoisotopic (exact) mass is 298 g/mol. The van der Waals surface area contributed by atoms with Crippen LogP contribution in [0, 0.1) is 0 Å². The van der Waals surface area contributed by atoms with E-state index in [1.165, 1.54) is 7.11 Å². The number of nitrogen functional groups attached to an aromatic ring is 1. The number of nitrogens with one attached hydrogen (secondary N) is 1. The Morgan fingerprint density at radius 2 is 1.86 bits per heavy atom. The molecular formula is C17H18N2O3. The highest BCUT2D eigenvalue weighted by Gasteiger charge is 2.08. The largest absolute Gasteiger partial charge is 0.465 e. The summed E-state index contributed by atoms with van der Waals surface area (Å²) in [6, 6.07) is 14.1. The first kappa shape index (κ1) is 15.6. The third-order valence-corrected chi connectivity index (χ3v) is 3.19. The van der Waals surface area contributed by atoms with Crippen LogP contribution in [0.5, 0.6) is 0 Å². The summed E-state index contributed by atoms with van der Waals surface area (Å²) in [4.78, 5) is 23.4. The van der Waals surface area contributed by atoms with E-state index in [4.69, 9.17) is 5.73 Å². The lowest BCUT2D eigenvalue weighted by Crippen LogP contribution is -2.13. The molecule has 2 aromatic carbocycles. The number of nitrogens with two attached hydrogens (primary N) is 1. The molecule has 114 valence electrons. The summed E-state index contributed by atoms with van der Waals surface area (Å²) in [5.41, 5.74) is 8.34. The summed E-state index contributed by atoms with van der Waals surface area (Å²) >= 11 is 0. The van der Waals surface area contributed by atoms with Gasteiger partial charge in [0.25, 0.3) is 0 Å². The molecule has 0 radical (unpaired) electrons. The van der Waals surface area contributed by atoms with Crippen LogP contribution < -0.4 is 11.1 Å². The molecule has 0 unspecified atom stereocenters. The number of methoxy groups -OCH3 is 1. The van der Waals surface area contributed by atoms with E-state index in [0.717, 1.165) is 5.56 Å². The van der Waals surface area contributed by atoms with Gasteiger partial charge in [0.05, 0.1) is 12.7 Å². The van der Waals surface area contributed by atoms with Crippen molar-refractivity contribution in [1.29, 1.82) is 0 Å². The van der Waals surface area contributed by atoms with Crippen molar-refractivity contribution in [2.45, 2.75) is 12.8 Å². The van der Waals surface area contributed by atoms with Gasteiger partial charge in [-0.3, -0.25) is 4.79 Å². The topological polar surface area (TPSA) is 81.4 Å². The minimum absolute atomic E-state index is 0.112. The summed E-state index contributed by atoms with van der Waals surface area (Å²) in [6.45, 7) is 0. The van der Waals surface area contributed by atoms with Gasteiger partial charge < -0.3 is 15.8 Å². The van der Waals surface area contributed by atoms with Crippen molar-refractivity contribution in [3.63, 3.8) is 0 Å². The average Bonchev–Trinajstić information content (AvgIpc) is 2.54. The van der Waals surface area contributed by atoms with Crippen molar-refractivity contribution in [1.82, 2.24) is 0 Å². The number of benzene rings is 2. The lowest BCUT2D eigenvalue weighted by molar-refractivity contribution is -0.116. The van der Waals surface area contributed by atoms with Gasteiger partial charge in [-0.05, 0) is 42.3 Å². The van der Waals surface area contributed by atoms with Crippen LogP contribution in [-0.4, -0.2) is 19.0 Å². The maximum absolute atomic E-state index is 12.0. The fourth-order valence-corrected chi connectivity index (χ4v) is 2.01. The zero-order valence-corrected chi connectivity index (χ0v) is 12.3. The van der Waals surface area contributed by atoms with E-state index >= 15 is 0 Å². The van der Waals surface area contributed by atoms with Crippen molar-refractivity contribution in [2.75, 3.05) is 18.2 Å². The van der Waals surface area contributed by atoms with Crippen LogP contribution in [0.1, 0.15) is 22.3 Å². The van der Waals surface area contributed by atoms with E-state index in [1.54, 1.807) is 24.3 Å². The molecule has 0 aliphatic carbocycles. The van der Waals surface area contributed by atoms with Crippen molar-refractivity contribution < 1.29 is 14.3 Å². The number of rotatable bonds is 5. The number of carbonyl (C=O) groups is 2. The van der Waals surface area contributed by atoms with E-state index in [2.05, 4.69) is 10.1 Å².